The molecule has 1 heterocycles. The van der Waals surface area contributed by atoms with Gasteiger partial charge in [-0.1, -0.05) is 6.92 Å². The molecule has 13 heavy (non-hydrogen) atoms. The lowest BCUT2D eigenvalue weighted by atomic mass is 10.1. The van der Waals surface area contributed by atoms with Gasteiger partial charge in [-0.05, 0) is 19.2 Å². The fourth-order valence-electron chi connectivity index (χ4n) is 1.35. The molecule has 0 spiro atoms. The van der Waals surface area contributed by atoms with Gasteiger partial charge in [0.25, 0.3) is 0 Å². The fourth-order valence-corrected chi connectivity index (χ4v) is 1.60. The number of thioether (sulfide) groups is 1. The van der Waals surface area contributed by atoms with Gasteiger partial charge in [-0.3, -0.25) is 4.79 Å². The van der Waals surface area contributed by atoms with Crippen LogP contribution in [0.3, 0.4) is 0 Å². The number of hydrogen-bond donors (Lipinski definition) is 2. The molecule has 0 aromatic carbocycles. The molecule has 0 saturated carbocycles. The predicted molar refractivity (Wildman–Crippen MR) is 57.0 cm³/mol. The Morgan fingerprint density at radius 1 is 1.77 bits per heavy atom. The largest absolute Gasteiger partial charge is 0.355 e. The summed E-state index contributed by atoms with van der Waals surface area (Å²) < 4.78 is 0. The number of hydrogen-bond acceptors (Lipinski definition) is 3. The summed E-state index contributed by atoms with van der Waals surface area (Å²) in [6.07, 6.45) is 3.05. The zero-order chi connectivity index (χ0) is 9.68. The van der Waals surface area contributed by atoms with E-state index in [9.17, 15) is 4.79 Å². The molecule has 1 amide bonds. The highest BCUT2D eigenvalue weighted by Gasteiger charge is 2.21. The second kappa shape index (κ2) is 5.50. The van der Waals surface area contributed by atoms with E-state index >= 15 is 0 Å². The van der Waals surface area contributed by atoms with Crippen molar-refractivity contribution >= 4 is 17.7 Å². The molecule has 1 fully saturated rings. The molecule has 1 rings (SSSR count). The summed E-state index contributed by atoms with van der Waals surface area (Å²) in [6, 6.07) is 0. The average Bonchev–Trinajstić information content (AvgIpc) is 2.66. The van der Waals surface area contributed by atoms with Crippen LogP contribution in [0.4, 0.5) is 0 Å². The number of amides is 1. The van der Waals surface area contributed by atoms with Crippen molar-refractivity contribution in [3.05, 3.63) is 0 Å². The molecule has 0 aromatic heterocycles. The maximum atomic E-state index is 11.5. The Hall–Kier alpha value is -0.220. The van der Waals surface area contributed by atoms with Gasteiger partial charge in [-0.25, -0.2) is 0 Å². The van der Waals surface area contributed by atoms with Crippen LogP contribution in [-0.2, 0) is 4.79 Å². The first kappa shape index (κ1) is 10.9. The third kappa shape index (κ3) is 3.56. The van der Waals surface area contributed by atoms with Gasteiger partial charge < -0.3 is 10.6 Å². The van der Waals surface area contributed by atoms with Crippen molar-refractivity contribution in [3.8, 4) is 0 Å². The molecule has 0 aromatic rings. The lowest BCUT2D eigenvalue weighted by Crippen LogP contribution is -2.35. The van der Waals surface area contributed by atoms with Gasteiger partial charge in [0, 0.05) is 18.3 Å². The van der Waals surface area contributed by atoms with Crippen molar-refractivity contribution < 1.29 is 4.79 Å². The molecule has 1 saturated heterocycles. The average molecular weight is 202 g/mol. The Morgan fingerprint density at radius 3 is 3.08 bits per heavy atom. The first-order chi connectivity index (χ1) is 6.24. The minimum Gasteiger partial charge on any atom is -0.355 e. The smallest absolute Gasteiger partial charge is 0.224 e. The van der Waals surface area contributed by atoms with Crippen LogP contribution < -0.4 is 10.6 Å². The molecular weight excluding hydrogens is 184 g/mol. The summed E-state index contributed by atoms with van der Waals surface area (Å²) in [7, 11) is 0. The van der Waals surface area contributed by atoms with Crippen molar-refractivity contribution in [2.24, 2.45) is 5.92 Å². The Balaban J connectivity index is 2.16. The van der Waals surface area contributed by atoms with Crippen LogP contribution in [0.15, 0.2) is 0 Å². The molecule has 76 valence electrons. The number of carbonyl (C=O) groups is 1. The third-order valence-corrected chi connectivity index (χ3v) is 3.37. The zero-order valence-corrected chi connectivity index (χ0v) is 9.12. The molecule has 1 aliphatic heterocycles. The molecule has 1 aliphatic rings. The number of nitrogens with one attached hydrogen (secondary N) is 2. The first-order valence-electron chi connectivity index (χ1n) is 4.75. The van der Waals surface area contributed by atoms with Crippen LogP contribution in [-0.4, -0.2) is 37.0 Å². The fraction of sp³-hybridized carbons (Fsp3) is 0.889. The third-order valence-electron chi connectivity index (χ3n) is 2.40. The van der Waals surface area contributed by atoms with Crippen LogP contribution in [0.1, 0.15) is 13.3 Å². The van der Waals surface area contributed by atoms with Gasteiger partial charge in [0.15, 0.2) is 0 Å². The first-order valence-corrected chi connectivity index (χ1v) is 6.04. The number of rotatable bonds is 4. The van der Waals surface area contributed by atoms with Crippen LogP contribution in [0.2, 0.25) is 0 Å². The standard InChI is InChI=1S/C9H18N2OS/c1-7(13-2)5-11-9(12)8-3-4-10-6-8/h7-8,10H,3-6H2,1-2H3,(H,11,12)/t7-,8+/m0/s1. The van der Waals surface area contributed by atoms with Crippen molar-refractivity contribution in [1.82, 2.24) is 10.6 Å². The van der Waals surface area contributed by atoms with Gasteiger partial charge in [0.2, 0.25) is 5.91 Å². The lowest BCUT2D eigenvalue weighted by molar-refractivity contribution is -0.124. The maximum Gasteiger partial charge on any atom is 0.224 e. The van der Waals surface area contributed by atoms with E-state index in [1.54, 1.807) is 11.8 Å². The van der Waals surface area contributed by atoms with Crippen molar-refractivity contribution in [2.75, 3.05) is 25.9 Å². The van der Waals surface area contributed by atoms with E-state index in [1.807, 2.05) is 0 Å². The van der Waals surface area contributed by atoms with Crippen molar-refractivity contribution in [3.63, 3.8) is 0 Å². The van der Waals surface area contributed by atoms with Gasteiger partial charge in [0.1, 0.15) is 0 Å². The van der Waals surface area contributed by atoms with E-state index in [2.05, 4.69) is 23.8 Å². The van der Waals surface area contributed by atoms with Crippen molar-refractivity contribution in [1.29, 1.82) is 0 Å². The second-order valence-electron chi connectivity index (χ2n) is 3.48. The van der Waals surface area contributed by atoms with E-state index in [-0.39, 0.29) is 11.8 Å². The Kier molecular flexibility index (Phi) is 4.59. The predicted octanol–water partition coefficient (Wildman–Crippen LogP) is 0.464. The molecule has 3 nitrogen and oxygen atoms in total. The Morgan fingerprint density at radius 2 is 2.54 bits per heavy atom. The molecule has 2 N–H and O–H groups in total. The Labute approximate surface area is 84.0 Å². The van der Waals surface area contributed by atoms with E-state index in [1.165, 1.54) is 0 Å². The summed E-state index contributed by atoms with van der Waals surface area (Å²) in [5.41, 5.74) is 0. The second-order valence-corrected chi connectivity index (χ2v) is 4.76. The highest BCUT2D eigenvalue weighted by Crippen LogP contribution is 2.08. The normalized spacial score (nSPS) is 24.3. The highest BCUT2D eigenvalue weighted by atomic mass is 32.2. The molecule has 2 atom stereocenters. The minimum absolute atomic E-state index is 0.203. The van der Waals surface area contributed by atoms with Gasteiger partial charge in [-0.15, -0.1) is 0 Å². The molecule has 0 aliphatic carbocycles. The Bertz CT molecular complexity index is 169. The number of carbonyl (C=O) groups excluding carboxylic acids is 1. The van der Waals surface area contributed by atoms with Gasteiger partial charge >= 0.3 is 0 Å². The lowest BCUT2D eigenvalue weighted by Gasteiger charge is -2.12. The van der Waals surface area contributed by atoms with E-state index in [0.717, 1.165) is 26.1 Å². The summed E-state index contributed by atoms with van der Waals surface area (Å²) >= 11 is 1.78. The molecule has 0 bridgehead atoms. The maximum absolute atomic E-state index is 11.5. The van der Waals surface area contributed by atoms with Crippen LogP contribution in [0.25, 0.3) is 0 Å². The SMILES string of the molecule is CS[C@@H](C)CNC(=O)[C@@H]1CCNC1. The van der Waals surface area contributed by atoms with E-state index in [4.69, 9.17) is 0 Å². The molecule has 4 heteroatoms. The van der Waals surface area contributed by atoms with Gasteiger partial charge in [0.05, 0.1) is 5.92 Å². The topological polar surface area (TPSA) is 41.1 Å². The van der Waals surface area contributed by atoms with Crippen molar-refractivity contribution in [2.45, 2.75) is 18.6 Å². The quantitative estimate of drug-likeness (QED) is 0.696. The van der Waals surface area contributed by atoms with Crippen LogP contribution in [0, 0.1) is 5.92 Å². The van der Waals surface area contributed by atoms with Crippen LogP contribution >= 0.6 is 11.8 Å². The summed E-state index contributed by atoms with van der Waals surface area (Å²) in [4.78, 5) is 11.5. The molecular formula is C9H18N2OS. The highest BCUT2D eigenvalue weighted by molar-refractivity contribution is 7.99. The molecule has 0 unspecified atom stereocenters. The monoisotopic (exact) mass is 202 g/mol. The summed E-state index contributed by atoms with van der Waals surface area (Å²) in [6.45, 7) is 4.74. The summed E-state index contributed by atoms with van der Waals surface area (Å²) in [5, 5.41) is 6.68. The zero-order valence-electron chi connectivity index (χ0n) is 8.30. The minimum atomic E-state index is 0.203. The van der Waals surface area contributed by atoms with Gasteiger partial charge in [-0.2, -0.15) is 11.8 Å². The van der Waals surface area contributed by atoms with E-state index < -0.39 is 0 Å². The molecule has 0 radical (unpaired) electrons. The van der Waals surface area contributed by atoms with E-state index in [0.29, 0.717) is 5.25 Å². The summed E-state index contributed by atoms with van der Waals surface area (Å²) in [5.74, 6) is 0.417. The van der Waals surface area contributed by atoms with Crippen LogP contribution in [0.5, 0.6) is 0 Å².